The molecule has 1 aliphatic rings. The van der Waals surface area contributed by atoms with Gasteiger partial charge >= 0.3 is 12.4 Å². The normalized spacial score (nSPS) is 14.6. The van der Waals surface area contributed by atoms with Crippen molar-refractivity contribution in [3.8, 4) is 11.4 Å². The summed E-state index contributed by atoms with van der Waals surface area (Å²) in [6, 6.07) is 0.629. The lowest BCUT2D eigenvalue weighted by Crippen LogP contribution is -2.26. The van der Waals surface area contributed by atoms with Gasteiger partial charge in [0.05, 0.1) is 40.9 Å². The van der Waals surface area contributed by atoms with Crippen molar-refractivity contribution < 1.29 is 39.6 Å². The van der Waals surface area contributed by atoms with Crippen LogP contribution in [-0.2, 0) is 36.2 Å². The molecule has 0 spiro atoms. The van der Waals surface area contributed by atoms with E-state index in [2.05, 4.69) is 15.1 Å². The number of halogens is 6. The maximum absolute atomic E-state index is 13.1. The second kappa shape index (κ2) is 8.07. The van der Waals surface area contributed by atoms with Crippen LogP contribution < -0.4 is 4.90 Å². The molecular formula is C19H16F6N6O3S. The maximum atomic E-state index is 13.1. The molecule has 0 N–H and O–H groups in total. The van der Waals surface area contributed by atoms with E-state index in [-0.39, 0.29) is 35.0 Å². The Bertz CT molecular complexity index is 1420. The molecule has 4 heterocycles. The van der Waals surface area contributed by atoms with E-state index < -0.39 is 51.0 Å². The smallest absolute Gasteiger partial charge is 0.316 e. The van der Waals surface area contributed by atoms with Gasteiger partial charge in [0.15, 0.2) is 20.7 Å². The molecule has 0 saturated heterocycles. The molecule has 16 heteroatoms. The number of hydrogen-bond acceptors (Lipinski definition) is 6. The molecule has 0 bridgehead atoms. The summed E-state index contributed by atoms with van der Waals surface area (Å²) >= 11 is 0. The van der Waals surface area contributed by atoms with E-state index in [1.54, 1.807) is 0 Å². The minimum absolute atomic E-state index is 0.00644. The number of alkyl halides is 6. The standard InChI is InChI=1S/C19H16F6N6O3S/c1-3-35(33,34)17-15(28-14(29(17)2)10-5-27-30(7-10)9-18(20,21)22)31-8-13-12(16(31)32)4-11(6-26-13)19(23,24)25/h4-7H,3,8-9H2,1-2H3. The van der Waals surface area contributed by atoms with Crippen LogP contribution in [0.15, 0.2) is 29.7 Å². The SMILES string of the molecule is CCS(=O)(=O)c1c(N2Cc3ncc(C(F)(F)F)cc3C2=O)nc(-c2cnn(CC(F)(F)F)c2)n1C. The number of sulfone groups is 1. The molecule has 0 aliphatic carbocycles. The van der Waals surface area contributed by atoms with Crippen molar-refractivity contribution in [3.05, 3.63) is 41.5 Å². The molecule has 0 aromatic carbocycles. The predicted molar refractivity (Wildman–Crippen MR) is 108 cm³/mol. The van der Waals surface area contributed by atoms with Crippen LogP contribution in [0.1, 0.15) is 28.5 Å². The van der Waals surface area contributed by atoms with Gasteiger partial charge in [0.2, 0.25) is 0 Å². The van der Waals surface area contributed by atoms with Crippen LogP contribution in [0.4, 0.5) is 32.2 Å². The Morgan fingerprint density at radius 3 is 2.40 bits per heavy atom. The number of carbonyl (C=O) groups excluding carboxylic acids is 1. The molecule has 0 fully saturated rings. The van der Waals surface area contributed by atoms with Gasteiger partial charge in [0.25, 0.3) is 5.91 Å². The van der Waals surface area contributed by atoms with Gasteiger partial charge in [-0.15, -0.1) is 0 Å². The van der Waals surface area contributed by atoms with E-state index in [4.69, 9.17) is 0 Å². The molecule has 9 nitrogen and oxygen atoms in total. The first-order valence-electron chi connectivity index (χ1n) is 9.89. The number of imidazole rings is 1. The Hall–Kier alpha value is -3.43. The van der Waals surface area contributed by atoms with E-state index in [0.717, 1.165) is 21.9 Å². The Balaban J connectivity index is 1.81. The van der Waals surface area contributed by atoms with E-state index in [9.17, 15) is 39.6 Å². The molecule has 188 valence electrons. The van der Waals surface area contributed by atoms with Gasteiger partial charge in [0, 0.05) is 19.4 Å². The highest BCUT2D eigenvalue weighted by Crippen LogP contribution is 2.37. The number of hydrogen-bond donors (Lipinski definition) is 0. The summed E-state index contributed by atoms with van der Waals surface area (Å²) < 4.78 is 105. The Labute approximate surface area is 193 Å². The molecule has 0 atom stereocenters. The van der Waals surface area contributed by atoms with Gasteiger partial charge < -0.3 is 4.57 Å². The third-order valence-electron chi connectivity index (χ3n) is 5.27. The summed E-state index contributed by atoms with van der Waals surface area (Å²) in [6.45, 7) is -0.398. The number of pyridine rings is 1. The van der Waals surface area contributed by atoms with Gasteiger partial charge in [-0.3, -0.25) is 19.4 Å². The van der Waals surface area contributed by atoms with Crippen molar-refractivity contribution in [2.75, 3.05) is 10.7 Å². The quantitative estimate of drug-likeness (QED) is 0.477. The Morgan fingerprint density at radius 1 is 1.11 bits per heavy atom. The molecule has 3 aromatic heterocycles. The molecule has 0 saturated carbocycles. The monoisotopic (exact) mass is 522 g/mol. The zero-order valence-electron chi connectivity index (χ0n) is 18.0. The van der Waals surface area contributed by atoms with Crippen LogP contribution in [0.25, 0.3) is 11.4 Å². The van der Waals surface area contributed by atoms with Gasteiger partial charge in [-0.05, 0) is 6.07 Å². The zero-order valence-corrected chi connectivity index (χ0v) is 18.8. The van der Waals surface area contributed by atoms with E-state index in [1.165, 1.54) is 14.0 Å². The summed E-state index contributed by atoms with van der Waals surface area (Å²) in [5, 5.41) is 3.19. The Kier molecular flexibility index (Phi) is 5.69. The summed E-state index contributed by atoms with van der Waals surface area (Å²) in [7, 11) is -2.75. The van der Waals surface area contributed by atoms with Crippen LogP contribution in [0.3, 0.4) is 0 Å². The molecule has 1 aliphatic heterocycles. The third kappa shape index (κ3) is 4.49. The summed E-state index contributed by atoms with van der Waals surface area (Å²) in [6.07, 6.45) is -6.67. The van der Waals surface area contributed by atoms with Crippen molar-refractivity contribution in [2.24, 2.45) is 7.05 Å². The maximum Gasteiger partial charge on any atom is 0.417 e. The van der Waals surface area contributed by atoms with Crippen LogP contribution in [0, 0.1) is 0 Å². The van der Waals surface area contributed by atoms with Crippen molar-refractivity contribution in [1.82, 2.24) is 24.3 Å². The first-order valence-corrected chi connectivity index (χ1v) is 11.5. The second-order valence-electron chi connectivity index (χ2n) is 7.68. The van der Waals surface area contributed by atoms with Crippen LogP contribution in [-0.4, -0.2) is 50.6 Å². The number of carbonyl (C=O) groups is 1. The minimum Gasteiger partial charge on any atom is -0.316 e. The Morgan fingerprint density at radius 2 is 1.80 bits per heavy atom. The van der Waals surface area contributed by atoms with Gasteiger partial charge in [-0.2, -0.15) is 31.4 Å². The summed E-state index contributed by atoms with van der Waals surface area (Å²) in [5.41, 5.74) is -1.47. The topological polar surface area (TPSA) is 103 Å². The number of rotatable bonds is 5. The average molecular weight is 522 g/mol. The van der Waals surface area contributed by atoms with Crippen molar-refractivity contribution in [1.29, 1.82) is 0 Å². The number of aromatic nitrogens is 5. The van der Waals surface area contributed by atoms with Gasteiger partial charge in [0.1, 0.15) is 12.4 Å². The number of fused-ring (bicyclic) bond motifs is 1. The lowest BCUT2D eigenvalue weighted by Gasteiger charge is -2.15. The van der Waals surface area contributed by atoms with E-state index in [1.807, 2.05) is 0 Å². The fourth-order valence-corrected chi connectivity index (χ4v) is 4.85. The van der Waals surface area contributed by atoms with Gasteiger partial charge in [-0.1, -0.05) is 6.92 Å². The predicted octanol–water partition coefficient (Wildman–Crippen LogP) is 3.21. The molecule has 35 heavy (non-hydrogen) atoms. The third-order valence-corrected chi connectivity index (χ3v) is 7.08. The highest BCUT2D eigenvalue weighted by atomic mass is 32.2. The largest absolute Gasteiger partial charge is 0.417 e. The van der Waals surface area contributed by atoms with Gasteiger partial charge in [-0.25, -0.2) is 13.4 Å². The molecule has 1 amide bonds. The highest BCUT2D eigenvalue weighted by molar-refractivity contribution is 7.91. The van der Waals surface area contributed by atoms with Crippen molar-refractivity contribution in [3.63, 3.8) is 0 Å². The number of anilines is 1. The minimum atomic E-state index is -4.75. The number of amides is 1. The van der Waals surface area contributed by atoms with Crippen LogP contribution in [0.5, 0.6) is 0 Å². The fraction of sp³-hybridized carbons (Fsp3) is 0.368. The van der Waals surface area contributed by atoms with Crippen LogP contribution in [0.2, 0.25) is 0 Å². The zero-order chi connectivity index (χ0) is 25.9. The molecule has 0 unspecified atom stereocenters. The van der Waals surface area contributed by atoms with Crippen molar-refractivity contribution >= 4 is 21.6 Å². The lowest BCUT2D eigenvalue weighted by molar-refractivity contribution is -0.142. The van der Waals surface area contributed by atoms with E-state index in [0.29, 0.717) is 16.9 Å². The average Bonchev–Trinajstić information content (AvgIpc) is 3.42. The summed E-state index contributed by atoms with van der Waals surface area (Å²) in [4.78, 5) is 21.8. The first kappa shape index (κ1) is 24.7. The first-order chi connectivity index (χ1) is 16.1. The lowest BCUT2D eigenvalue weighted by atomic mass is 10.1. The molecule has 4 rings (SSSR count). The highest BCUT2D eigenvalue weighted by Gasteiger charge is 2.40. The van der Waals surface area contributed by atoms with Crippen LogP contribution >= 0.6 is 0 Å². The fourth-order valence-electron chi connectivity index (χ4n) is 3.63. The molecule has 3 aromatic rings. The second-order valence-corrected chi connectivity index (χ2v) is 9.87. The summed E-state index contributed by atoms with van der Waals surface area (Å²) in [5.74, 6) is -1.82. The number of nitrogens with zero attached hydrogens (tertiary/aromatic N) is 6. The molecular weight excluding hydrogens is 506 g/mol. The van der Waals surface area contributed by atoms with E-state index >= 15 is 0 Å². The molecule has 0 radical (unpaired) electrons. The van der Waals surface area contributed by atoms with Crippen molar-refractivity contribution in [2.45, 2.75) is 37.4 Å².